The Labute approximate surface area is 178 Å². The number of furan rings is 1. The van der Waals surface area contributed by atoms with E-state index in [-0.39, 0.29) is 17.2 Å². The van der Waals surface area contributed by atoms with Gasteiger partial charge in [0.25, 0.3) is 5.91 Å². The number of carbonyl (C=O) groups excluding carboxylic acids is 2. The van der Waals surface area contributed by atoms with E-state index in [0.717, 1.165) is 16.9 Å². The highest BCUT2D eigenvalue weighted by Crippen LogP contribution is 2.39. The average Bonchev–Trinajstić information content (AvgIpc) is 3.36. The molecule has 0 aliphatic carbocycles. The maximum atomic E-state index is 12.5. The van der Waals surface area contributed by atoms with Crippen LogP contribution in [-0.2, 0) is 11.3 Å². The molecular weight excluding hydrogens is 408 g/mol. The zero-order valence-electron chi connectivity index (χ0n) is 15.7. The van der Waals surface area contributed by atoms with E-state index in [0.29, 0.717) is 28.6 Å². The first-order valence-electron chi connectivity index (χ1n) is 9.12. The zero-order valence-corrected chi connectivity index (χ0v) is 17.3. The first kappa shape index (κ1) is 19.6. The van der Waals surface area contributed by atoms with Gasteiger partial charge in [-0.15, -0.1) is 11.8 Å². The molecule has 1 aliphatic rings. The van der Waals surface area contributed by atoms with Crippen molar-refractivity contribution in [1.29, 1.82) is 0 Å². The van der Waals surface area contributed by atoms with Crippen LogP contribution in [0, 0.1) is 6.92 Å². The fourth-order valence-corrected chi connectivity index (χ4v) is 4.51. The van der Waals surface area contributed by atoms with Crippen LogP contribution in [0.4, 0.5) is 5.69 Å². The maximum absolute atomic E-state index is 12.5. The number of anilines is 1. The molecular formula is C22H19ClN2O3S. The van der Waals surface area contributed by atoms with Gasteiger partial charge in [-0.2, -0.15) is 0 Å². The Morgan fingerprint density at radius 1 is 1.24 bits per heavy atom. The van der Waals surface area contributed by atoms with Gasteiger partial charge in [-0.25, -0.2) is 0 Å². The molecule has 0 unspecified atom stereocenters. The van der Waals surface area contributed by atoms with E-state index in [1.54, 1.807) is 41.1 Å². The monoisotopic (exact) mass is 426 g/mol. The second-order valence-electron chi connectivity index (χ2n) is 6.80. The molecule has 3 aromatic rings. The van der Waals surface area contributed by atoms with Crippen molar-refractivity contribution in [3.63, 3.8) is 0 Å². The van der Waals surface area contributed by atoms with Crippen molar-refractivity contribution >= 4 is 40.9 Å². The summed E-state index contributed by atoms with van der Waals surface area (Å²) in [7, 11) is 0. The molecule has 2 amide bonds. The molecule has 0 bridgehead atoms. The predicted octanol–water partition coefficient (Wildman–Crippen LogP) is 5.27. The Morgan fingerprint density at radius 2 is 2.03 bits per heavy atom. The van der Waals surface area contributed by atoms with Crippen LogP contribution in [0.5, 0.6) is 0 Å². The number of hydrogen-bond acceptors (Lipinski definition) is 4. The summed E-state index contributed by atoms with van der Waals surface area (Å²) in [5.41, 5.74) is 3.12. The Morgan fingerprint density at radius 3 is 2.72 bits per heavy atom. The standard InChI is InChI=1S/C22H19ClN2O3S/c1-14-4-9-17(11-19(14)23)24-21(27)15-5-7-16(8-6-15)22-25(20(26)13-29-22)12-18-3-2-10-28-18/h2-11,22H,12-13H2,1H3,(H,24,27)/t22-/m1/s1. The molecule has 5 nitrogen and oxygen atoms in total. The van der Waals surface area contributed by atoms with Gasteiger partial charge >= 0.3 is 0 Å². The van der Waals surface area contributed by atoms with Gasteiger partial charge in [0.15, 0.2) is 0 Å². The van der Waals surface area contributed by atoms with Gasteiger partial charge in [-0.3, -0.25) is 9.59 Å². The van der Waals surface area contributed by atoms with E-state index >= 15 is 0 Å². The summed E-state index contributed by atoms with van der Waals surface area (Å²) < 4.78 is 5.39. The molecule has 1 N–H and O–H groups in total. The number of rotatable bonds is 5. The summed E-state index contributed by atoms with van der Waals surface area (Å²) in [6.45, 7) is 2.34. The molecule has 1 saturated heterocycles. The third-order valence-electron chi connectivity index (χ3n) is 4.76. The van der Waals surface area contributed by atoms with E-state index < -0.39 is 0 Å². The van der Waals surface area contributed by atoms with Crippen molar-refractivity contribution in [2.45, 2.75) is 18.8 Å². The summed E-state index contributed by atoms with van der Waals surface area (Å²) >= 11 is 7.69. The van der Waals surface area contributed by atoms with Crippen LogP contribution in [0.25, 0.3) is 0 Å². The summed E-state index contributed by atoms with van der Waals surface area (Å²) in [6, 6.07) is 16.4. The number of thioether (sulfide) groups is 1. The molecule has 1 fully saturated rings. The van der Waals surface area contributed by atoms with Crippen molar-refractivity contribution < 1.29 is 14.0 Å². The highest BCUT2D eigenvalue weighted by atomic mass is 35.5. The highest BCUT2D eigenvalue weighted by molar-refractivity contribution is 8.00. The Kier molecular flexibility index (Phi) is 5.65. The Balaban J connectivity index is 1.47. The van der Waals surface area contributed by atoms with Gasteiger partial charge in [0, 0.05) is 16.3 Å². The predicted molar refractivity (Wildman–Crippen MR) is 115 cm³/mol. The van der Waals surface area contributed by atoms with Gasteiger partial charge in [-0.1, -0.05) is 29.8 Å². The average molecular weight is 427 g/mol. The summed E-state index contributed by atoms with van der Waals surface area (Å²) in [6.07, 6.45) is 1.60. The molecule has 0 radical (unpaired) electrons. The van der Waals surface area contributed by atoms with Crippen molar-refractivity contribution in [2.75, 3.05) is 11.1 Å². The molecule has 7 heteroatoms. The molecule has 2 aromatic carbocycles. The largest absolute Gasteiger partial charge is 0.467 e. The maximum Gasteiger partial charge on any atom is 0.255 e. The third kappa shape index (κ3) is 4.33. The molecule has 1 aromatic heterocycles. The molecule has 4 rings (SSSR count). The van der Waals surface area contributed by atoms with Crippen molar-refractivity contribution in [1.82, 2.24) is 4.90 Å². The molecule has 148 valence electrons. The van der Waals surface area contributed by atoms with E-state index in [9.17, 15) is 9.59 Å². The SMILES string of the molecule is Cc1ccc(NC(=O)c2ccc([C@H]3SCC(=O)N3Cc3ccco3)cc2)cc1Cl. The van der Waals surface area contributed by atoms with Crippen LogP contribution in [-0.4, -0.2) is 22.5 Å². The van der Waals surface area contributed by atoms with Crippen LogP contribution in [0.15, 0.2) is 65.3 Å². The first-order valence-corrected chi connectivity index (χ1v) is 10.5. The van der Waals surface area contributed by atoms with Crippen molar-refractivity contribution in [2.24, 2.45) is 0 Å². The minimum absolute atomic E-state index is 0.0782. The number of nitrogens with zero attached hydrogens (tertiary/aromatic N) is 1. The number of nitrogens with one attached hydrogen (secondary N) is 1. The van der Waals surface area contributed by atoms with E-state index in [2.05, 4.69) is 5.32 Å². The fourth-order valence-electron chi connectivity index (χ4n) is 3.14. The minimum atomic E-state index is -0.209. The number of hydrogen-bond donors (Lipinski definition) is 1. The van der Waals surface area contributed by atoms with Gasteiger partial charge in [0.05, 0.1) is 18.6 Å². The lowest BCUT2D eigenvalue weighted by Crippen LogP contribution is -2.27. The quantitative estimate of drug-likeness (QED) is 0.603. The fraction of sp³-hybridized carbons (Fsp3) is 0.182. The summed E-state index contributed by atoms with van der Waals surface area (Å²) in [5.74, 6) is 1.05. The van der Waals surface area contributed by atoms with Crippen molar-refractivity contribution in [3.8, 4) is 0 Å². The van der Waals surface area contributed by atoms with Gasteiger partial charge in [0.1, 0.15) is 11.1 Å². The highest BCUT2D eigenvalue weighted by Gasteiger charge is 2.33. The lowest BCUT2D eigenvalue weighted by atomic mass is 10.1. The smallest absolute Gasteiger partial charge is 0.255 e. The third-order valence-corrected chi connectivity index (χ3v) is 6.43. The molecule has 0 spiro atoms. The molecule has 2 heterocycles. The van der Waals surface area contributed by atoms with Crippen LogP contribution in [0.2, 0.25) is 5.02 Å². The molecule has 1 aliphatic heterocycles. The normalized spacial score (nSPS) is 16.3. The second-order valence-corrected chi connectivity index (χ2v) is 8.28. The number of benzene rings is 2. The topological polar surface area (TPSA) is 62.6 Å². The lowest BCUT2D eigenvalue weighted by Gasteiger charge is -2.23. The first-order chi connectivity index (χ1) is 14.0. The number of halogens is 1. The van der Waals surface area contributed by atoms with Crippen molar-refractivity contribution in [3.05, 3.63) is 88.3 Å². The summed E-state index contributed by atoms with van der Waals surface area (Å²) in [4.78, 5) is 26.6. The lowest BCUT2D eigenvalue weighted by molar-refractivity contribution is -0.128. The number of aryl methyl sites for hydroxylation is 1. The van der Waals surface area contributed by atoms with E-state index in [4.69, 9.17) is 16.0 Å². The number of amides is 2. The van der Waals surface area contributed by atoms with Crippen LogP contribution < -0.4 is 5.32 Å². The Hall–Kier alpha value is -2.70. The molecule has 0 saturated carbocycles. The zero-order chi connectivity index (χ0) is 20.4. The van der Waals surface area contributed by atoms with Gasteiger partial charge in [-0.05, 0) is 54.4 Å². The molecule has 1 atom stereocenters. The number of carbonyl (C=O) groups is 2. The summed E-state index contributed by atoms with van der Waals surface area (Å²) in [5, 5.41) is 3.37. The molecule has 29 heavy (non-hydrogen) atoms. The van der Waals surface area contributed by atoms with Crippen LogP contribution >= 0.6 is 23.4 Å². The second kappa shape index (κ2) is 8.35. The minimum Gasteiger partial charge on any atom is -0.467 e. The Bertz CT molecular complexity index is 1030. The van der Waals surface area contributed by atoms with Crippen LogP contribution in [0.1, 0.15) is 32.6 Å². The van der Waals surface area contributed by atoms with E-state index in [1.807, 2.05) is 43.3 Å². The van der Waals surface area contributed by atoms with E-state index in [1.165, 1.54) is 0 Å². The van der Waals surface area contributed by atoms with Gasteiger partial charge < -0.3 is 14.6 Å². The van der Waals surface area contributed by atoms with Gasteiger partial charge in [0.2, 0.25) is 5.91 Å². The van der Waals surface area contributed by atoms with Crippen LogP contribution in [0.3, 0.4) is 0 Å².